The van der Waals surface area contributed by atoms with Crippen molar-refractivity contribution in [3.8, 4) is 16.6 Å². The van der Waals surface area contributed by atoms with Crippen LogP contribution in [0.3, 0.4) is 0 Å². The number of rotatable bonds is 7. The van der Waals surface area contributed by atoms with E-state index in [-0.39, 0.29) is 28.5 Å². The molecule has 3 aromatic heterocycles. The third kappa shape index (κ3) is 5.35. The van der Waals surface area contributed by atoms with Crippen LogP contribution >= 0.6 is 30.1 Å². The van der Waals surface area contributed by atoms with Crippen LogP contribution in [0.1, 0.15) is 32.1 Å². The monoisotopic (exact) mass is 579 g/mol. The van der Waals surface area contributed by atoms with Crippen LogP contribution in [0.4, 0.5) is 22.7 Å². The molecular weight excluding hydrogens is 547 g/mol. The Balaban J connectivity index is 1.49. The number of likely N-dealkylation sites (tertiary alicyclic amines) is 1. The first-order chi connectivity index (χ1) is 18.2. The first-order valence-corrected chi connectivity index (χ1v) is 16.5. The molecule has 0 aromatic carbocycles. The highest BCUT2D eigenvalue weighted by atomic mass is 35.5. The van der Waals surface area contributed by atoms with Gasteiger partial charge in [0.05, 0.1) is 32.4 Å². The number of hydrogen-bond donors (Lipinski definition) is 3. The number of anilines is 3. The molecule has 5 rings (SSSR count). The predicted octanol–water partition coefficient (Wildman–Crippen LogP) is 3.26. The SMILES string of the molecule is COc1nc(P(C)(C)=O)cnc1Nc1nc(N)nc(-c2nnc([N+]3(C4CCNCC4)CCCCC3)s2)c1Cl. The molecule has 0 bridgehead atoms. The summed E-state index contributed by atoms with van der Waals surface area (Å²) >= 11 is 8.31. The Morgan fingerprint density at radius 3 is 2.55 bits per heavy atom. The summed E-state index contributed by atoms with van der Waals surface area (Å²) in [5, 5.41) is 17.5. The smallest absolute Gasteiger partial charge is 0.307 e. The number of ether oxygens (including phenoxy) is 1. The van der Waals surface area contributed by atoms with E-state index in [4.69, 9.17) is 22.1 Å². The van der Waals surface area contributed by atoms with E-state index in [0.29, 0.717) is 22.2 Å². The molecule has 15 heteroatoms. The molecule has 0 atom stereocenters. The first kappa shape index (κ1) is 27.1. The average molecular weight is 580 g/mol. The number of hydrogen-bond acceptors (Lipinski definition) is 12. The van der Waals surface area contributed by atoms with Gasteiger partial charge >= 0.3 is 5.13 Å². The van der Waals surface area contributed by atoms with E-state index in [1.165, 1.54) is 43.9 Å². The fraction of sp³-hybridized carbons (Fsp3) is 0.565. The minimum Gasteiger partial charge on any atom is -0.478 e. The molecule has 0 amide bonds. The topological polar surface area (TPSA) is 154 Å². The Hall–Kier alpha value is -2.44. The van der Waals surface area contributed by atoms with Crippen LogP contribution in [-0.2, 0) is 4.57 Å². The van der Waals surface area contributed by atoms with Gasteiger partial charge in [-0.05, 0) is 43.9 Å². The number of methoxy groups -OCH3 is 1. The summed E-state index contributed by atoms with van der Waals surface area (Å²) < 4.78 is 18.7. The van der Waals surface area contributed by atoms with Gasteiger partial charge in [-0.25, -0.2) is 15.0 Å². The highest BCUT2D eigenvalue weighted by Gasteiger charge is 2.44. The van der Waals surface area contributed by atoms with Gasteiger partial charge in [-0.15, -0.1) is 5.10 Å². The fourth-order valence-electron chi connectivity index (χ4n) is 5.23. The summed E-state index contributed by atoms with van der Waals surface area (Å²) in [7, 11) is -1.16. The number of nitrogens with zero attached hydrogens (tertiary/aromatic N) is 7. The molecular formula is C23H33ClN10O2PS+. The van der Waals surface area contributed by atoms with Gasteiger partial charge in [-0.1, -0.05) is 16.7 Å². The predicted molar refractivity (Wildman–Crippen MR) is 153 cm³/mol. The van der Waals surface area contributed by atoms with Gasteiger partial charge in [0.1, 0.15) is 23.3 Å². The largest absolute Gasteiger partial charge is 0.478 e. The van der Waals surface area contributed by atoms with Gasteiger partial charge in [0.2, 0.25) is 5.95 Å². The summed E-state index contributed by atoms with van der Waals surface area (Å²) in [6.07, 6.45) is 7.31. The van der Waals surface area contributed by atoms with E-state index in [2.05, 4.69) is 40.8 Å². The Kier molecular flexibility index (Phi) is 7.84. The lowest BCUT2D eigenvalue weighted by atomic mass is 9.97. The van der Waals surface area contributed by atoms with E-state index in [1.54, 1.807) is 13.3 Å². The van der Waals surface area contributed by atoms with Crippen molar-refractivity contribution in [2.45, 2.75) is 38.1 Å². The van der Waals surface area contributed by atoms with Gasteiger partial charge in [-0.2, -0.15) is 4.98 Å². The third-order valence-corrected chi connectivity index (χ3v) is 9.97. The Morgan fingerprint density at radius 2 is 1.87 bits per heavy atom. The third-order valence-electron chi connectivity index (χ3n) is 7.20. The summed E-state index contributed by atoms with van der Waals surface area (Å²) in [6.45, 7) is 7.44. The van der Waals surface area contributed by atoms with Gasteiger partial charge in [0.15, 0.2) is 16.6 Å². The fourth-order valence-corrected chi connectivity index (χ4v) is 7.27. The Morgan fingerprint density at radius 1 is 1.13 bits per heavy atom. The van der Waals surface area contributed by atoms with Crippen LogP contribution in [-0.4, -0.2) is 82.8 Å². The van der Waals surface area contributed by atoms with Gasteiger partial charge < -0.3 is 25.7 Å². The van der Waals surface area contributed by atoms with Crippen molar-refractivity contribution < 1.29 is 9.30 Å². The number of quaternary nitrogens is 1. The van der Waals surface area contributed by atoms with Crippen molar-refractivity contribution in [1.29, 1.82) is 0 Å². The molecule has 0 aliphatic carbocycles. The van der Waals surface area contributed by atoms with E-state index in [0.717, 1.165) is 48.6 Å². The number of nitrogens with two attached hydrogens (primary N) is 1. The van der Waals surface area contributed by atoms with Crippen molar-refractivity contribution in [3.63, 3.8) is 0 Å². The Bertz CT molecular complexity index is 1350. The molecule has 0 saturated carbocycles. The number of halogens is 1. The maximum atomic E-state index is 12.4. The van der Waals surface area contributed by atoms with E-state index in [9.17, 15) is 4.57 Å². The number of nitrogens with one attached hydrogen (secondary N) is 2. The van der Waals surface area contributed by atoms with Gasteiger partial charge in [0.25, 0.3) is 5.88 Å². The van der Waals surface area contributed by atoms with Crippen LogP contribution in [0.5, 0.6) is 5.88 Å². The molecule has 38 heavy (non-hydrogen) atoms. The van der Waals surface area contributed by atoms with E-state index >= 15 is 0 Å². The zero-order valence-electron chi connectivity index (χ0n) is 21.8. The second kappa shape index (κ2) is 11.0. The van der Waals surface area contributed by atoms with Gasteiger partial charge in [0, 0.05) is 25.9 Å². The Labute approximate surface area is 230 Å². The standard InChI is InChI=1S/C23H33ClN10O2PS/c1-36-20-19(27-13-15(28-20)37(2,3)35)30-18-16(24)17(29-22(25)31-18)21-32-33-23(38-21)34(11-5-4-6-12-34)14-7-9-26-10-8-14/h13-14,26H,4-12H2,1-3H3,(H3,25,27,29,30,31)/q+1. The van der Waals surface area contributed by atoms with Crippen LogP contribution in [0.15, 0.2) is 6.20 Å². The second-order valence-corrected chi connectivity index (χ2v) is 14.6. The van der Waals surface area contributed by atoms with E-state index < -0.39 is 7.14 Å². The van der Waals surface area contributed by atoms with Crippen molar-refractivity contribution in [2.75, 3.05) is 57.7 Å². The van der Waals surface area contributed by atoms with Crippen molar-refractivity contribution >= 4 is 58.2 Å². The average Bonchev–Trinajstić information content (AvgIpc) is 3.42. The molecule has 5 heterocycles. The minimum absolute atomic E-state index is 0.0269. The van der Waals surface area contributed by atoms with Crippen molar-refractivity contribution in [2.24, 2.45) is 0 Å². The molecule has 4 N–H and O–H groups in total. The molecule has 0 radical (unpaired) electrons. The maximum Gasteiger partial charge on any atom is 0.307 e. The molecule has 0 spiro atoms. The van der Waals surface area contributed by atoms with Crippen LogP contribution in [0.2, 0.25) is 5.02 Å². The lowest BCUT2D eigenvalue weighted by Crippen LogP contribution is -2.62. The summed E-state index contributed by atoms with van der Waals surface area (Å²) in [5.41, 5.74) is 6.85. The zero-order chi connectivity index (χ0) is 26.9. The lowest BCUT2D eigenvalue weighted by molar-refractivity contribution is 0.138. The molecule has 2 aliphatic heterocycles. The molecule has 204 valence electrons. The molecule has 2 saturated heterocycles. The highest BCUT2D eigenvalue weighted by Crippen LogP contribution is 2.42. The molecule has 0 unspecified atom stereocenters. The van der Waals surface area contributed by atoms with Crippen molar-refractivity contribution in [1.82, 2.24) is 39.9 Å². The number of nitrogen functional groups attached to an aromatic ring is 1. The summed E-state index contributed by atoms with van der Waals surface area (Å²) in [6, 6.07) is 0.524. The van der Waals surface area contributed by atoms with Crippen LogP contribution < -0.4 is 31.0 Å². The maximum absolute atomic E-state index is 12.4. The highest BCUT2D eigenvalue weighted by molar-refractivity contribution is 7.69. The van der Waals surface area contributed by atoms with Crippen molar-refractivity contribution in [3.05, 3.63) is 11.2 Å². The quantitative estimate of drug-likeness (QED) is 0.279. The number of aromatic nitrogens is 6. The zero-order valence-corrected chi connectivity index (χ0v) is 24.2. The molecule has 2 fully saturated rings. The van der Waals surface area contributed by atoms with Crippen LogP contribution in [0, 0.1) is 0 Å². The first-order valence-electron chi connectivity index (χ1n) is 12.7. The molecule has 2 aliphatic rings. The summed E-state index contributed by atoms with van der Waals surface area (Å²) in [4.78, 5) is 17.4. The normalized spacial score (nSPS) is 18.3. The summed E-state index contributed by atoms with van der Waals surface area (Å²) in [5.74, 6) is 0.692. The van der Waals surface area contributed by atoms with E-state index in [1.807, 2.05) is 0 Å². The molecule has 12 nitrogen and oxygen atoms in total. The minimum atomic E-state index is -2.62. The molecule has 3 aromatic rings. The lowest BCUT2D eigenvalue weighted by Gasteiger charge is -2.45. The van der Waals surface area contributed by atoms with Gasteiger partial charge in [-0.3, -0.25) is 4.48 Å². The second-order valence-electron chi connectivity index (χ2n) is 10.1. The number of piperidine rings is 2. The van der Waals surface area contributed by atoms with Crippen LogP contribution in [0.25, 0.3) is 10.7 Å².